The summed E-state index contributed by atoms with van der Waals surface area (Å²) in [6.45, 7) is 11.6. The number of fused-ring (bicyclic) bond motifs is 1. The van der Waals surface area contributed by atoms with E-state index in [9.17, 15) is 13.6 Å². The van der Waals surface area contributed by atoms with Crippen LogP contribution in [0.25, 0.3) is 16.7 Å². The van der Waals surface area contributed by atoms with Gasteiger partial charge in [0.05, 0.1) is 12.8 Å². The summed E-state index contributed by atoms with van der Waals surface area (Å²) < 4.78 is 34.9. The first-order valence-corrected chi connectivity index (χ1v) is 11.0. The molecule has 0 bridgehead atoms. The van der Waals surface area contributed by atoms with Crippen molar-refractivity contribution in [1.82, 2.24) is 19.7 Å². The van der Waals surface area contributed by atoms with Gasteiger partial charge in [-0.25, -0.2) is 18.4 Å². The average molecular weight is 457 g/mol. The van der Waals surface area contributed by atoms with Crippen molar-refractivity contribution in [2.24, 2.45) is 0 Å². The molecule has 33 heavy (non-hydrogen) atoms. The van der Waals surface area contributed by atoms with E-state index < -0.39 is 17.2 Å². The number of hydrogen-bond acceptors (Lipinski definition) is 4. The second kappa shape index (κ2) is 11.4. The Balaban J connectivity index is 0.000000914. The Morgan fingerprint density at radius 3 is 2.39 bits per heavy atom. The fourth-order valence-corrected chi connectivity index (χ4v) is 3.37. The van der Waals surface area contributed by atoms with E-state index in [-0.39, 0.29) is 22.5 Å². The van der Waals surface area contributed by atoms with Crippen LogP contribution in [0.3, 0.4) is 0 Å². The van der Waals surface area contributed by atoms with Crippen molar-refractivity contribution < 1.29 is 13.5 Å². The molecule has 2 aromatic heterocycles. The SMILES string of the molecule is CC.CC.COc1ccc(F)c(F)c1-n1nc(C)c2c(=O)[nH]c(Cc3cccc(C)c3)nc21. The Hall–Kier alpha value is -3.55. The molecule has 8 heteroatoms. The quantitative estimate of drug-likeness (QED) is 0.430. The first-order valence-electron chi connectivity index (χ1n) is 11.0. The standard InChI is InChI=1S/C21H18F2N4O2.2C2H6/c1-11-5-4-6-13(9-11)10-16-24-20-17(21(28)25-16)12(2)26-27(20)19-15(29-3)8-7-14(22)18(19)23;2*1-2/h4-9H,10H2,1-3H3,(H,24,25,28);2*1-2H3. The predicted octanol–water partition coefficient (Wildman–Crippen LogP) is 5.66. The fourth-order valence-electron chi connectivity index (χ4n) is 3.37. The molecule has 2 aromatic carbocycles. The molecule has 0 saturated heterocycles. The normalized spacial score (nSPS) is 10.2. The summed E-state index contributed by atoms with van der Waals surface area (Å²) in [4.78, 5) is 19.9. The zero-order valence-electron chi connectivity index (χ0n) is 20.1. The molecule has 176 valence electrons. The van der Waals surface area contributed by atoms with Crippen LogP contribution in [0.4, 0.5) is 8.78 Å². The number of benzene rings is 2. The van der Waals surface area contributed by atoms with E-state index in [2.05, 4.69) is 15.1 Å². The van der Waals surface area contributed by atoms with E-state index in [1.165, 1.54) is 13.2 Å². The van der Waals surface area contributed by atoms with Gasteiger partial charge in [0.25, 0.3) is 5.56 Å². The smallest absolute Gasteiger partial charge is 0.262 e. The van der Waals surface area contributed by atoms with Crippen LogP contribution in [0, 0.1) is 25.5 Å². The van der Waals surface area contributed by atoms with Crippen molar-refractivity contribution in [3.63, 3.8) is 0 Å². The maximum atomic E-state index is 14.6. The van der Waals surface area contributed by atoms with Crippen LogP contribution in [0.5, 0.6) is 5.75 Å². The lowest BCUT2D eigenvalue weighted by atomic mass is 10.1. The number of H-pyrrole nitrogens is 1. The van der Waals surface area contributed by atoms with Gasteiger partial charge in [-0.1, -0.05) is 57.5 Å². The summed E-state index contributed by atoms with van der Waals surface area (Å²) in [6, 6.07) is 10.1. The molecule has 2 heterocycles. The minimum absolute atomic E-state index is 0.0793. The van der Waals surface area contributed by atoms with Gasteiger partial charge in [-0.05, 0) is 31.5 Å². The maximum absolute atomic E-state index is 14.6. The van der Waals surface area contributed by atoms with E-state index >= 15 is 0 Å². The van der Waals surface area contributed by atoms with Crippen LogP contribution in [-0.2, 0) is 6.42 Å². The van der Waals surface area contributed by atoms with Crippen LogP contribution >= 0.6 is 0 Å². The van der Waals surface area contributed by atoms with E-state index in [1.807, 2.05) is 58.9 Å². The monoisotopic (exact) mass is 456 g/mol. The summed E-state index contributed by atoms with van der Waals surface area (Å²) in [5.41, 5.74) is 1.91. The molecule has 6 nitrogen and oxygen atoms in total. The topological polar surface area (TPSA) is 72.8 Å². The molecule has 1 N–H and O–H groups in total. The summed E-state index contributed by atoms with van der Waals surface area (Å²) in [7, 11) is 1.35. The Morgan fingerprint density at radius 1 is 1.06 bits per heavy atom. The number of nitrogens with one attached hydrogen (secondary N) is 1. The van der Waals surface area contributed by atoms with Gasteiger partial charge in [0.1, 0.15) is 22.6 Å². The van der Waals surface area contributed by atoms with Crippen LogP contribution < -0.4 is 10.3 Å². The zero-order chi connectivity index (χ0) is 24.7. The molecule has 4 rings (SSSR count). The Labute approximate surface area is 192 Å². The van der Waals surface area contributed by atoms with Crippen molar-refractivity contribution in [1.29, 1.82) is 0 Å². The molecule has 0 spiro atoms. The third-order valence-corrected chi connectivity index (χ3v) is 4.68. The number of aromatic nitrogens is 4. The van der Waals surface area contributed by atoms with Crippen molar-refractivity contribution >= 4 is 11.0 Å². The number of halogens is 2. The van der Waals surface area contributed by atoms with Gasteiger partial charge in [-0.2, -0.15) is 5.10 Å². The van der Waals surface area contributed by atoms with Crippen LogP contribution in [-0.4, -0.2) is 26.9 Å². The van der Waals surface area contributed by atoms with Gasteiger partial charge >= 0.3 is 0 Å². The molecule has 0 aliphatic carbocycles. The van der Waals surface area contributed by atoms with Crippen molar-refractivity contribution in [3.8, 4) is 11.4 Å². The number of rotatable bonds is 4. The molecule has 0 aliphatic rings. The minimum Gasteiger partial charge on any atom is -0.494 e. The first kappa shape index (κ1) is 25.7. The highest BCUT2D eigenvalue weighted by Crippen LogP contribution is 2.30. The largest absolute Gasteiger partial charge is 0.494 e. The molecule has 0 amide bonds. The summed E-state index contributed by atoms with van der Waals surface area (Å²) in [5, 5.41) is 4.45. The zero-order valence-corrected chi connectivity index (χ0v) is 20.1. The predicted molar refractivity (Wildman–Crippen MR) is 127 cm³/mol. The molecule has 0 atom stereocenters. The number of methoxy groups -OCH3 is 1. The third kappa shape index (κ3) is 5.27. The van der Waals surface area contributed by atoms with E-state index in [0.717, 1.165) is 21.9 Å². The lowest BCUT2D eigenvalue weighted by Gasteiger charge is -2.11. The second-order valence-corrected chi connectivity index (χ2v) is 6.79. The third-order valence-electron chi connectivity index (χ3n) is 4.68. The van der Waals surface area contributed by atoms with Crippen molar-refractivity contribution in [2.45, 2.75) is 48.0 Å². The number of aryl methyl sites for hydroxylation is 2. The van der Waals surface area contributed by atoms with Crippen LogP contribution in [0.15, 0.2) is 41.2 Å². The summed E-state index contributed by atoms with van der Waals surface area (Å²) in [5.74, 6) is -1.70. The number of hydrogen-bond donors (Lipinski definition) is 1. The highest BCUT2D eigenvalue weighted by Gasteiger charge is 2.23. The molecule has 0 radical (unpaired) electrons. The summed E-state index contributed by atoms with van der Waals surface area (Å²) in [6.07, 6.45) is 0.375. The molecule has 0 saturated carbocycles. The van der Waals surface area contributed by atoms with Gasteiger partial charge in [-0.3, -0.25) is 4.79 Å². The lowest BCUT2D eigenvalue weighted by molar-refractivity contribution is 0.402. The summed E-state index contributed by atoms with van der Waals surface area (Å²) >= 11 is 0. The molecule has 0 unspecified atom stereocenters. The van der Waals surface area contributed by atoms with Crippen molar-refractivity contribution in [2.75, 3.05) is 7.11 Å². The molecular formula is C25H30F2N4O2. The first-order chi connectivity index (χ1) is 15.9. The van der Waals surface area contributed by atoms with Gasteiger partial charge < -0.3 is 9.72 Å². The number of nitrogens with zero attached hydrogens (tertiary/aromatic N) is 3. The van der Waals surface area contributed by atoms with Crippen LogP contribution in [0.2, 0.25) is 0 Å². The van der Waals surface area contributed by atoms with E-state index in [1.54, 1.807) is 6.92 Å². The fraction of sp³-hybridized carbons (Fsp3) is 0.320. The maximum Gasteiger partial charge on any atom is 0.262 e. The number of ether oxygens (including phenoxy) is 1. The minimum atomic E-state index is -1.13. The van der Waals surface area contributed by atoms with Crippen LogP contribution in [0.1, 0.15) is 50.3 Å². The van der Waals surface area contributed by atoms with Gasteiger partial charge in [0, 0.05) is 6.42 Å². The Kier molecular flexibility index (Phi) is 8.85. The van der Waals surface area contributed by atoms with E-state index in [4.69, 9.17) is 4.74 Å². The number of aromatic amines is 1. The highest BCUT2D eigenvalue weighted by atomic mass is 19.2. The molecule has 4 aromatic rings. The van der Waals surface area contributed by atoms with Crippen molar-refractivity contribution in [3.05, 3.63) is 81.0 Å². The lowest BCUT2D eigenvalue weighted by Crippen LogP contribution is -2.14. The highest BCUT2D eigenvalue weighted by molar-refractivity contribution is 5.79. The Morgan fingerprint density at radius 2 is 1.76 bits per heavy atom. The molecular weight excluding hydrogens is 426 g/mol. The van der Waals surface area contributed by atoms with Gasteiger partial charge in [-0.15, -0.1) is 0 Å². The van der Waals surface area contributed by atoms with E-state index in [0.29, 0.717) is 17.9 Å². The average Bonchev–Trinajstić information content (AvgIpc) is 3.14. The Bertz CT molecular complexity index is 1300. The van der Waals surface area contributed by atoms with Gasteiger partial charge in [0.2, 0.25) is 0 Å². The molecule has 0 fully saturated rings. The second-order valence-electron chi connectivity index (χ2n) is 6.79. The molecule has 0 aliphatic heterocycles. The van der Waals surface area contributed by atoms with Gasteiger partial charge in [0.15, 0.2) is 17.3 Å².